The van der Waals surface area contributed by atoms with Gasteiger partial charge in [-0.3, -0.25) is 9.88 Å². The van der Waals surface area contributed by atoms with Crippen LogP contribution < -0.4 is 4.90 Å². The van der Waals surface area contributed by atoms with Crippen LogP contribution in [0.2, 0.25) is 0 Å². The van der Waals surface area contributed by atoms with Gasteiger partial charge in [0, 0.05) is 18.0 Å². The Kier molecular flexibility index (Phi) is 2.96. The molecule has 1 aromatic heterocycles. The Hall–Kier alpha value is -1.78. The summed E-state index contributed by atoms with van der Waals surface area (Å²) in [6.45, 7) is 10.0. The predicted molar refractivity (Wildman–Crippen MR) is 72.5 cm³/mol. The summed E-state index contributed by atoms with van der Waals surface area (Å²) in [6.07, 6.45) is 0.992. The van der Waals surface area contributed by atoms with Crippen LogP contribution in [0, 0.1) is 0 Å². The Labute approximate surface area is 113 Å². The summed E-state index contributed by atoms with van der Waals surface area (Å²) in [5.41, 5.74) is 0.629. The van der Waals surface area contributed by atoms with Crippen molar-refractivity contribution in [2.75, 3.05) is 11.4 Å². The zero-order chi connectivity index (χ0) is 14.4. The van der Waals surface area contributed by atoms with E-state index in [-0.39, 0.29) is 11.2 Å². The number of amides is 1. The Balaban J connectivity index is 2.36. The third-order valence-corrected chi connectivity index (χ3v) is 2.95. The fourth-order valence-electron chi connectivity index (χ4n) is 2.20. The van der Waals surface area contributed by atoms with Crippen molar-refractivity contribution in [3.8, 4) is 5.75 Å². The first-order valence-corrected chi connectivity index (χ1v) is 6.30. The number of pyridine rings is 1. The number of nitrogens with zero attached hydrogens (tertiary/aromatic N) is 2. The molecule has 2 rings (SSSR count). The zero-order valence-electron chi connectivity index (χ0n) is 12.0. The maximum atomic E-state index is 12.2. The lowest BCUT2D eigenvalue weighted by molar-refractivity contribution is 0.0579. The molecule has 1 aromatic rings. The number of hydrogen-bond acceptors (Lipinski definition) is 4. The third-order valence-electron chi connectivity index (χ3n) is 2.95. The Morgan fingerprint density at radius 1 is 1.47 bits per heavy atom. The molecule has 5 nitrogen and oxygen atoms in total. The molecule has 0 fully saturated rings. The normalized spacial score (nSPS) is 17.2. The minimum Gasteiger partial charge on any atom is -0.506 e. The van der Waals surface area contributed by atoms with Crippen molar-refractivity contribution in [3.05, 3.63) is 18.0 Å². The number of rotatable bonds is 0. The van der Waals surface area contributed by atoms with Gasteiger partial charge in [-0.1, -0.05) is 13.8 Å². The quantitative estimate of drug-likeness (QED) is 0.782. The van der Waals surface area contributed by atoms with Crippen molar-refractivity contribution in [2.45, 2.75) is 45.6 Å². The summed E-state index contributed by atoms with van der Waals surface area (Å²) in [7, 11) is 0. The van der Waals surface area contributed by atoms with Crippen molar-refractivity contribution in [3.63, 3.8) is 0 Å². The van der Waals surface area contributed by atoms with Gasteiger partial charge in [0.1, 0.15) is 11.4 Å². The highest BCUT2D eigenvalue weighted by Gasteiger charge is 2.41. The predicted octanol–water partition coefficient (Wildman–Crippen LogP) is 2.82. The first-order chi connectivity index (χ1) is 8.60. The SMILES string of the molecule is CC(C)(C)OC(=O)N1CC(C)(C)c2ncc(O)cc21. The molecule has 0 saturated carbocycles. The van der Waals surface area contributed by atoms with E-state index in [1.54, 1.807) is 6.07 Å². The van der Waals surface area contributed by atoms with E-state index in [1.165, 1.54) is 11.1 Å². The summed E-state index contributed by atoms with van der Waals surface area (Å²) in [5, 5.41) is 9.56. The number of carbonyl (C=O) groups excluding carboxylic acids is 1. The monoisotopic (exact) mass is 264 g/mol. The molecule has 0 aromatic carbocycles. The first-order valence-electron chi connectivity index (χ1n) is 6.30. The fourth-order valence-corrected chi connectivity index (χ4v) is 2.20. The number of carbonyl (C=O) groups is 1. The van der Waals surface area contributed by atoms with Crippen molar-refractivity contribution in [1.82, 2.24) is 4.98 Å². The van der Waals surface area contributed by atoms with Crippen LogP contribution in [0.15, 0.2) is 12.3 Å². The van der Waals surface area contributed by atoms with Crippen LogP contribution >= 0.6 is 0 Å². The van der Waals surface area contributed by atoms with Crippen LogP contribution in [0.4, 0.5) is 10.5 Å². The van der Waals surface area contributed by atoms with E-state index in [4.69, 9.17) is 4.74 Å². The summed E-state index contributed by atoms with van der Waals surface area (Å²) in [6, 6.07) is 1.56. The van der Waals surface area contributed by atoms with Crippen LogP contribution in [0.25, 0.3) is 0 Å². The van der Waals surface area contributed by atoms with Crippen molar-refractivity contribution in [2.24, 2.45) is 0 Å². The average Bonchev–Trinajstić information content (AvgIpc) is 2.48. The maximum absolute atomic E-state index is 12.2. The Bertz CT molecular complexity index is 518. The molecular formula is C14H20N2O3. The van der Waals surface area contributed by atoms with Crippen LogP contribution in [-0.4, -0.2) is 28.3 Å². The summed E-state index contributed by atoms with van der Waals surface area (Å²) < 4.78 is 5.39. The average molecular weight is 264 g/mol. The van der Waals surface area contributed by atoms with Gasteiger partial charge in [0.05, 0.1) is 17.6 Å². The van der Waals surface area contributed by atoms with Crippen LogP contribution in [0.3, 0.4) is 0 Å². The molecule has 2 heterocycles. The van der Waals surface area contributed by atoms with E-state index in [1.807, 2.05) is 34.6 Å². The second kappa shape index (κ2) is 4.11. The van der Waals surface area contributed by atoms with E-state index >= 15 is 0 Å². The van der Waals surface area contributed by atoms with E-state index < -0.39 is 11.7 Å². The lowest BCUT2D eigenvalue weighted by atomic mass is 9.91. The lowest BCUT2D eigenvalue weighted by Gasteiger charge is -2.25. The molecule has 0 aliphatic carbocycles. The van der Waals surface area contributed by atoms with E-state index in [9.17, 15) is 9.90 Å². The van der Waals surface area contributed by atoms with E-state index in [2.05, 4.69) is 4.98 Å². The molecule has 104 valence electrons. The summed E-state index contributed by atoms with van der Waals surface area (Å²) in [5.74, 6) is 0.0463. The van der Waals surface area contributed by atoms with Crippen molar-refractivity contribution < 1.29 is 14.6 Å². The van der Waals surface area contributed by atoms with Crippen LogP contribution in [-0.2, 0) is 10.2 Å². The number of fused-ring (bicyclic) bond motifs is 1. The van der Waals surface area contributed by atoms with Gasteiger partial charge < -0.3 is 9.84 Å². The van der Waals surface area contributed by atoms with Gasteiger partial charge in [-0.2, -0.15) is 0 Å². The topological polar surface area (TPSA) is 62.7 Å². The van der Waals surface area contributed by atoms with Crippen LogP contribution in [0.1, 0.15) is 40.3 Å². The second-order valence-corrected chi connectivity index (χ2v) is 6.51. The first kappa shape index (κ1) is 13.6. The molecule has 1 aliphatic heterocycles. The van der Waals surface area contributed by atoms with E-state index in [0.717, 1.165) is 5.69 Å². The number of hydrogen-bond donors (Lipinski definition) is 1. The van der Waals surface area contributed by atoms with Crippen molar-refractivity contribution in [1.29, 1.82) is 0 Å². The zero-order valence-corrected chi connectivity index (χ0v) is 12.0. The molecule has 0 radical (unpaired) electrons. The molecule has 19 heavy (non-hydrogen) atoms. The minimum absolute atomic E-state index is 0.0463. The summed E-state index contributed by atoms with van der Waals surface area (Å²) in [4.78, 5) is 18.0. The van der Waals surface area contributed by atoms with Gasteiger partial charge in [-0.05, 0) is 20.8 Å². The molecule has 1 aliphatic rings. The highest BCUT2D eigenvalue weighted by molar-refractivity contribution is 5.91. The van der Waals surface area contributed by atoms with Gasteiger partial charge >= 0.3 is 6.09 Å². The molecule has 0 bridgehead atoms. The highest BCUT2D eigenvalue weighted by Crippen LogP contribution is 2.40. The third kappa shape index (κ3) is 2.64. The Morgan fingerprint density at radius 3 is 2.68 bits per heavy atom. The molecule has 1 amide bonds. The van der Waals surface area contributed by atoms with E-state index in [0.29, 0.717) is 12.2 Å². The number of ether oxygens (including phenoxy) is 1. The largest absolute Gasteiger partial charge is 0.506 e. The number of aromatic nitrogens is 1. The molecule has 0 spiro atoms. The standard InChI is InChI=1S/C14H20N2O3/c1-13(2,3)19-12(18)16-8-14(4,5)11-10(16)6-9(17)7-15-11/h6-7,17H,8H2,1-5H3. The fraction of sp³-hybridized carbons (Fsp3) is 0.571. The Morgan fingerprint density at radius 2 is 2.11 bits per heavy atom. The summed E-state index contributed by atoms with van der Waals surface area (Å²) >= 11 is 0. The number of anilines is 1. The van der Waals surface area contributed by atoms with Gasteiger partial charge in [0.25, 0.3) is 0 Å². The van der Waals surface area contributed by atoms with Crippen LogP contribution in [0.5, 0.6) is 5.75 Å². The molecular weight excluding hydrogens is 244 g/mol. The van der Waals surface area contributed by atoms with Gasteiger partial charge in [0.15, 0.2) is 0 Å². The second-order valence-electron chi connectivity index (χ2n) is 6.51. The molecule has 0 atom stereocenters. The number of aromatic hydroxyl groups is 1. The highest BCUT2D eigenvalue weighted by atomic mass is 16.6. The molecule has 1 N–H and O–H groups in total. The smallest absolute Gasteiger partial charge is 0.414 e. The molecule has 5 heteroatoms. The van der Waals surface area contributed by atoms with Crippen molar-refractivity contribution >= 4 is 11.8 Å². The molecule has 0 saturated heterocycles. The minimum atomic E-state index is -0.547. The van der Waals surface area contributed by atoms with Gasteiger partial charge in [-0.15, -0.1) is 0 Å². The van der Waals surface area contributed by atoms with Gasteiger partial charge in [-0.25, -0.2) is 4.79 Å². The lowest BCUT2D eigenvalue weighted by Crippen LogP contribution is -2.38. The molecule has 0 unspecified atom stereocenters. The van der Waals surface area contributed by atoms with Gasteiger partial charge in [0.2, 0.25) is 0 Å². The maximum Gasteiger partial charge on any atom is 0.414 e.